The third-order valence-corrected chi connectivity index (χ3v) is 6.28. The van der Waals surface area contributed by atoms with Crippen molar-refractivity contribution in [3.63, 3.8) is 0 Å². The van der Waals surface area contributed by atoms with Gasteiger partial charge in [-0.2, -0.15) is 0 Å². The third kappa shape index (κ3) is 4.11. The summed E-state index contributed by atoms with van der Waals surface area (Å²) in [5.74, 6) is 0.656. The van der Waals surface area contributed by atoms with Crippen molar-refractivity contribution in [2.75, 3.05) is 26.9 Å². The minimum atomic E-state index is -0.373. The molecule has 4 rings (SSSR count). The Morgan fingerprint density at radius 3 is 2.89 bits per heavy atom. The number of hydrogen-bond donors (Lipinski definition) is 0. The Labute approximate surface area is 159 Å². The van der Waals surface area contributed by atoms with Crippen molar-refractivity contribution in [1.29, 1.82) is 0 Å². The Kier molecular flexibility index (Phi) is 5.37. The van der Waals surface area contributed by atoms with E-state index >= 15 is 0 Å². The Morgan fingerprint density at radius 1 is 1.30 bits per heavy atom. The van der Waals surface area contributed by atoms with Crippen LogP contribution in [0.3, 0.4) is 0 Å². The molecule has 3 aliphatic rings. The Balaban J connectivity index is 1.38. The first-order chi connectivity index (χ1) is 13.1. The second-order valence-electron chi connectivity index (χ2n) is 8.04. The molecule has 0 radical (unpaired) electrons. The Hall–Kier alpha value is -1.66. The minimum Gasteiger partial charge on any atom is -0.484 e. The molecule has 1 amide bonds. The number of benzene rings is 1. The molecular weight excluding hydrogens is 349 g/mol. The van der Waals surface area contributed by atoms with E-state index in [0.717, 1.165) is 38.2 Å². The van der Waals surface area contributed by atoms with Gasteiger partial charge in [0, 0.05) is 26.3 Å². The Morgan fingerprint density at radius 2 is 2.15 bits per heavy atom. The fourth-order valence-corrected chi connectivity index (χ4v) is 4.45. The van der Waals surface area contributed by atoms with Crippen LogP contribution < -0.4 is 4.74 Å². The highest BCUT2D eigenvalue weighted by molar-refractivity contribution is 5.78. The number of rotatable bonds is 7. The zero-order valence-corrected chi connectivity index (χ0v) is 15.9. The van der Waals surface area contributed by atoms with Crippen molar-refractivity contribution in [3.05, 3.63) is 30.1 Å². The van der Waals surface area contributed by atoms with Crippen LogP contribution in [0.4, 0.5) is 4.39 Å². The average Bonchev–Trinajstić information content (AvgIpc) is 3.43. The molecule has 5 nitrogen and oxygen atoms in total. The van der Waals surface area contributed by atoms with E-state index in [2.05, 4.69) is 0 Å². The highest BCUT2D eigenvalue weighted by Gasteiger charge is 2.52. The monoisotopic (exact) mass is 377 g/mol. The predicted octanol–water partition coefficient (Wildman–Crippen LogP) is 3.17. The normalized spacial score (nSPS) is 30.2. The van der Waals surface area contributed by atoms with Crippen LogP contribution in [0.15, 0.2) is 24.3 Å². The number of amides is 1. The number of carbonyl (C=O) groups excluding carboxylic acids is 1. The molecule has 6 heteroatoms. The van der Waals surface area contributed by atoms with Crippen LogP contribution in [-0.4, -0.2) is 55.4 Å². The summed E-state index contributed by atoms with van der Waals surface area (Å²) in [6.07, 6.45) is 6.30. The van der Waals surface area contributed by atoms with Crippen molar-refractivity contribution in [2.24, 2.45) is 5.92 Å². The van der Waals surface area contributed by atoms with Gasteiger partial charge in [-0.3, -0.25) is 4.79 Å². The van der Waals surface area contributed by atoms with E-state index in [-0.39, 0.29) is 36.1 Å². The number of carbonyl (C=O) groups is 1. The molecular formula is C21H28FNO4. The maximum absolute atomic E-state index is 13.3. The molecule has 1 saturated heterocycles. The van der Waals surface area contributed by atoms with E-state index in [0.29, 0.717) is 12.3 Å². The molecule has 1 heterocycles. The van der Waals surface area contributed by atoms with Gasteiger partial charge in [0.05, 0.1) is 17.7 Å². The van der Waals surface area contributed by atoms with Crippen molar-refractivity contribution in [2.45, 2.75) is 56.3 Å². The molecule has 1 aromatic carbocycles. The fourth-order valence-electron chi connectivity index (χ4n) is 4.45. The largest absolute Gasteiger partial charge is 0.484 e. The molecule has 2 saturated carbocycles. The number of nitrogens with zero attached hydrogens (tertiary/aromatic N) is 1. The van der Waals surface area contributed by atoms with Gasteiger partial charge in [0.15, 0.2) is 6.61 Å². The standard InChI is InChI=1S/C21H28FNO4/c1-25-21-8-7-18(26-13-15-5-6-15)12-19(21)23(10-9-21)20(24)14-27-17-4-2-3-16(22)11-17/h2-4,11,15,18-19H,5-10,12-14H2,1H3/t18-,19-,21+/m0/s1. The second-order valence-corrected chi connectivity index (χ2v) is 8.04. The Bertz CT molecular complexity index is 680. The maximum atomic E-state index is 13.3. The fraction of sp³-hybridized carbons (Fsp3) is 0.667. The lowest BCUT2D eigenvalue weighted by Gasteiger charge is -2.43. The summed E-state index contributed by atoms with van der Waals surface area (Å²) >= 11 is 0. The maximum Gasteiger partial charge on any atom is 0.260 e. The van der Waals surface area contributed by atoms with E-state index < -0.39 is 0 Å². The van der Waals surface area contributed by atoms with Gasteiger partial charge < -0.3 is 19.1 Å². The van der Waals surface area contributed by atoms with E-state index in [1.54, 1.807) is 19.2 Å². The van der Waals surface area contributed by atoms with E-state index in [4.69, 9.17) is 14.2 Å². The third-order valence-electron chi connectivity index (χ3n) is 6.28. The SMILES string of the molecule is CO[C@@]12CC[C@H](OCC3CC3)C[C@@H]1N(C(=O)COc1cccc(F)c1)CC2. The summed E-state index contributed by atoms with van der Waals surface area (Å²) in [7, 11) is 1.75. The highest BCUT2D eigenvalue weighted by atomic mass is 19.1. The number of halogens is 1. The summed E-state index contributed by atoms with van der Waals surface area (Å²) in [5, 5.41) is 0. The molecule has 1 aromatic rings. The number of likely N-dealkylation sites (tertiary alicyclic amines) is 1. The summed E-state index contributed by atoms with van der Waals surface area (Å²) in [6.45, 7) is 1.42. The lowest BCUT2D eigenvalue weighted by atomic mass is 9.79. The smallest absolute Gasteiger partial charge is 0.260 e. The quantitative estimate of drug-likeness (QED) is 0.732. The number of methoxy groups -OCH3 is 1. The van der Waals surface area contributed by atoms with Crippen LogP contribution in [0.2, 0.25) is 0 Å². The van der Waals surface area contributed by atoms with E-state index in [1.807, 2.05) is 4.90 Å². The van der Waals surface area contributed by atoms with Gasteiger partial charge in [0.25, 0.3) is 5.91 Å². The lowest BCUT2D eigenvalue weighted by Crippen LogP contribution is -2.53. The van der Waals surface area contributed by atoms with E-state index in [9.17, 15) is 9.18 Å². The molecule has 148 valence electrons. The van der Waals surface area contributed by atoms with Crippen molar-refractivity contribution in [3.8, 4) is 5.75 Å². The second kappa shape index (κ2) is 7.76. The van der Waals surface area contributed by atoms with Crippen LogP contribution >= 0.6 is 0 Å². The topological polar surface area (TPSA) is 48.0 Å². The average molecular weight is 377 g/mol. The molecule has 3 fully saturated rings. The van der Waals surface area contributed by atoms with Gasteiger partial charge in [-0.1, -0.05) is 6.07 Å². The number of ether oxygens (including phenoxy) is 3. The molecule has 27 heavy (non-hydrogen) atoms. The molecule has 2 aliphatic carbocycles. The molecule has 0 bridgehead atoms. The van der Waals surface area contributed by atoms with Crippen LogP contribution in [0.1, 0.15) is 38.5 Å². The molecule has 3 atom stereocenters. The highest BCUT2D eigenvalue weighted by Crippen LogP contribution is 2.43. The van der Waals surface area contributed by atoms with E-state index in [1.165, 1.54) is 25.0 Å². The van der Waals surface area contributed by atoms with Crippen molar-refractivity contribution < 1.29 is 23.4 Å². The summed E-state index contributed by atoms with van der Waals surface area (Å²) in [5.41, 5.74) is -0.270. The van der Waals surface area contributed by atoms with Gasteiger partial charge >= 0.3 is 0 Å². The van der Waals surface area contributed by atoms with Crippen LogP contribution in [0.5, 0.6) is 5.75 Å². The molecule has 0 N–H and O–H groups in total. The summed E-state index contributed by atoms with van der Waals surface area (Å²) < 4.78 is 30.8. The van der Waals surface area contributed by atoms with Crippen LogP contribution in [0.25, 0.3) is 0 Å². The van der Waals surface area contributed by atoms with Gasteiger partial charge in [0.1, 0.15) is 11.6 Å². The summed E-state index contributed by atoms with van der Waals surface area (Å²) in [4.78, 5) is 14.7. The first-order valence-corrected chi connectivity index (χ1v) is 9.94. The van der Waals surface area contributed by atoms with Crippen LogP contribution in [0, 0.1) is 11.7 Å². The zero-order chi connectivity index (χ0) is 18.9. The van der Waals surface area contributed by atoms with Gasteiger partial charge in [-0.25, -0.2) is 4.39 Å². The molecule has 0 spiro atoms. The molecule has 0 unspecified atom stereocenters. The number of hydrogen-bond acceptors (Lipinski definition) is 4. The van der Waals surface area contributed by atoms with Gasteiger partial charge in [0.2, 0.25) is 0 Å². The lowest BCUT2D eigenvalue weighted by molar-refractivity contribution is -0.143. The summed E-state index contributed by atoms with van der Waals surface area (Å²) in [6, 6.07) is 5.89. The van der Waals surface area contributed by atoms with Crippen molar-refractivity contribution in [1.82, 2.24) is 4.90 Å². The van der Waals surface area contributed by atoms with Crippen molar-refractivity contribution >= 4 is 5.91 Å². The van der Waals surface area contributed by atoms with Gasteiger partial charge in [-0.15, -0.1) is 0 Å². The predicted molar refractivity (Wildman–Crippen MR) is 98.1 cm³/mol. The van der Waals surface area contributed by atoms with Crippen LogP contribution in [-0.2, 0) is 14.3 Å². The minimum absolute atomic E-state index is 0.0177. The number of fused-ring (bicyclic) bond motifs is 1. The molecule has 0 aromatic heterocycles. The first-order valence-electron chi connectivity index (χ1n) is 9.94. The molecule has 1 aliphatic heterocycles. The zero-order valence-electron chi connectivity index (χ0n) is 15.9. The van der Waals surface area contributed by atoms with Gasteiger partial charge in [-0.05, 0) is 56.6 Å². The first kappa shape index (κ1) is 18.7.